The summed E-state index contributed by atoms with van der Waals surface area (Å²) in [6, 6.07) is 0. The van der Waals surface area contributed by atoms with Crippen molar-refractivity contribution in [1.29, 1.82) is 0 Å². The normalized spacial score (nSPS) is 8.36. The van der Waals surface area contributed by atoms with Gasteiger partial charge in [-0.15, -0.1) is 0 Å². The Hall–Kier alpha value is -0.450. The summed E-state index contributed by atoms with van der Waals surface area (Å²) in [4.78, 5) is 9.44. The first kappa shape index (κ1) is 13.2. The first-order valence-electron chi connectivity index (χ1n) is 3.73. The lowest BCUT2D eigenvalue weighted by Crippen LogP contribution is -2.27. The molecule has 0 unspecified atom stereocenters. The summed E-state index contributed by atoms with van der Waals surface area (Å²) < 4.78 is 0. The molecule has 0 saturated heterocycles. The zero-order valence-electron chi connectivity index (χ0n) is 7.39. The van der Waals surface area contributed by atoms with Gasteiger partial charge in [-0.05, 0) is 13.8 Å². The van der Waals surface area contributed by atoms with Gasteiger partial charge in [-0.2, -0.15) is 0 Å². The van der Waals surface area contributed by atoms with Crippen LogP contribution in [0.4, 0.5) is 0 Å². The summed E-state index contributed by atoms with van der Waals surface area (Å²) in [6.07, 6.45) is 0. The largest absolute Gasteiger partial charge is 0.329 e. The fourth-order valence-electron chi connectivity index (χ4n) is 0.329. The highest BCUT2D eigenvalue weighted by Crippen LogP contribution is 1.50. The topological polar surface area (TPSA) is 81.1 Å². The van der Waals surface area contributed by atoms with Crippen molar-refractivity contribution >= 4 is 5.78 Å². The molecule has 4 nitrogen and oxygen atoms in total. The number of nitrogens with two attached hydrogens (primary N) is 2. The van der Waals surface area contributed by atoms with Crippen LogP contribution in [0.2, 0.25) is 0 Å². The van der Waals surface area contributed by atoms with Gasteiger partial charge < -0.3 is 21.6 Å². The van der Waals surface area contributed by atoms with Gasteiger partial charge in [0.05, 0.1) is 0 Å². The van der Waals surface area contributed by atoms with Crippen LogP contribution < -0.4 is 16.8 Å². The average molecular weight is 161 g/mol. The maximum atomic E-state index is 9.44. The maximum Gasteiger partial charge on any atom is 0.126 e. The lowest BCUT2D eigenvalue weighted by atomic mass is 10.6. The minimum Gasteiger partial charge on any atom is -0.329 e. The van der Waals surface area contributed by atoms with Crippen molar-refractivity contribution in [2.75, 3.05) is 26.2 Å². The van der Waals surface area contributed by atoms with E-state index >= 15 is 0 Å². The third-order valence-corrected chi connectivity index (χ3v) is 0.642. The lowest BCUT2D eigenvalue weighted by Gasteiger charge is -1.95. The monoisotopic (exact) mass is 161 g/mol. The number of rotatable bonds is 4. The number of hydrogen-bond acceptors (Lipinski definition) is 4. The van der Waals surface area contributed by atoms with Crippen LogP contribution in [0.15, 0.2) is 0 Å². The van der Waals surface area contributed by atoms with Crippen LogP contribution in [0.1, 0.15) is 13.8 Å². The standard InChI is InChI=1S/C4H13N3.C3H6O/c5-1-3-7-4-2-6;1-3(2)4/h7H,1-6H2;1-2H3. The Labute approximate surface area is 68.3 Å². The van der Waals surface area contributed by atoms with Crippen molar-refractivity contribution in [2.24, 2.45) is 11.5 Å². The van der Waals surface area contributed by atoms with Crippen LogP contribution in [-0.4, -0.2) is 32.0 Å². The van der Waals surface area contributed by atoms with Gasteiger partial charge in [0, 0.05) is 26.2 Å². The second-order valence-electron chi connectivity index (χ2n) is 2.24. The van der Waals surface area contributed by atoms with E-state index in [1.165, 1.54) is 13.8 Å². The number of ketones is 1. The van der Waals surface area contributed by atoms with Crippen LogP contribution in [-0.2, 0) is 4.79 Å². The summed E-state index contributed by atoms with van der Waals surface area (Å²) in [6.45, 7) is 6.19. The van der Waals surface area contributed by atoms with Gasteiger partial charge in [-0.25, -0.2) is 0 Å². The minimum atomic E-state index is 0.167. The quantitative estimate of drug-likeness (QED) is 0.466. The second-order valence-corrected chi connectivity index (χ2v) is 2.24. The van der Waals surface area contributed by atoms with Crippen molar-refractivity contribution in [1.82, 2.24) is 5.32 Å². The molecule has 0 aromatic heterocycles. The van der Waals surface area contributed by atoms with E-state index in [0.717, 1.165) is 13.1 Å². The molecule has 0 fully saturated rings. The van der Waals surface area contributed by atoms with Crippen molar-refractivity contribution in [3.8, 4) is 0 Å². The molecule has 0 saturated carbocycles. The Morgan fingerprint density at radius 1 is 1.18 bits per heavy atom. The van der Waals surface area contributed by atoms with Crippen LogP contribution in [0.5, 0.6) is 0 Å². The van der Waals surface area contributed by atoms with E-state index in [1.807, 2.05) is 0 Å². The van der Waals surface area contributed by atoms with Gasteiger partial charge in [0.25, 0.3) is 0 Å². The second kappa shape index (κ2) is 12.2. The van der Waals surface area contributed by atoms with Crippen LogP contribution in [0.3, 0.4) is 0 Å². The van der Waals surface area contributed by atoms with Gasteiger partial charge in [-0.1, -0.05) is 0 Å². The Balaban J connectivity index is 0. The number of nitrogens with one attached hydrogen (secondary N) is 1. The number of Topliss-reactive ketones (excluding diaryl/α,β-unsaturated/α-hetero) is 1. The first-order valence-corrected chi connectivity index (χ1v) is 3.73. The minimum absolute atomic E-state index is 0.167. The summed E-state index contributed by atoms with van der Waals surface area (Å²) in [5.41, 5.74) is 10.3. The smallest absolute Gasteiger partial charge is 0.126 e. The number of carbonyl (C=O) groups is 1. The van der Waals surface area contributed by atoms with E-state index in [9.17, 15) is 4.79 Å². The van der Waals surface area contributed by atoms with Gasteiger partial charge in [0.2, 0.25) is 0 Å². The molecular weight excluding hydrogens is 142 g/mol. The number of carbonyl (C=O) groups excluding carboxylic acids is 1. The predicted molar refractivity (Wildman–Crippen MR) is 47.3 cm³/mol. The fourth-order valence-corrected chi connectivity index (χ4v) is 0.329. The van der Waals surface area contributed by atoms with E-state index in [0.29, 0.717) is 13.1 Å². The Kier molecular flexibility index (Phi) is 14.7. The Bertz CT molecular complexity index is 77.8. The molecule has 0 heterocycles. The molecule has 0 rings (SSSR count). The molecule has 0 bridgehead atoms. The highest BCUT2D eigenvalue weighted by molar-refractivity contribution is 5.72. The summed E-state index contributed by atoms with van der Waals surface area (Å²) in [5.74, 6) is 0.167. The van der Waals surface area contributed by atoms with Crippen molar-refractivity contribution in [2.45, 2.75) is 13.8 Å². The van der Waals surface area contributed by atoms with E-state index in [-0.39, 0.29) is 5.78 Å². The zero-order chi connectivity index (χ0) is 9.11. The van der Waals surface area contributed by atoms with Gasteiger partial charge in [0.15, 0.2) is 0 Å². The Morgan fingerprint density at radius 3 is 1.64 bits per heavy atom. The van der Waals surface area contributed by atoms with E-state index in [1.54, 1.807) is 0 Å². The highest BCUT2D eigenvalue weighted by Gasteiger charge is 1.76. The SMILES string of the molecule is CC(C)=O.NCCNCCN. The first-order chi connectivity index (χ1) is 5.15. The molecule has 0 aromatic carbocycles. The Morgan fingerprint density at radius 2 is 1.45 bits per heavy atom. The summed E-state index contributed by atoms with van der Waals surface area (Å²) in [7, 11) is 0. The molecule has 0 aliphatic heterocycles. The highest BCUT2D eigenvalue weighted by atomic mass is 16.1. The molecule has 68 valence electrons. The molecule has 0 spiro atoms. The average Bonchev–Trinajstić information content (AvgIpc) is 1.88. The third-order valence-electron chi connectivity index (χ3n) is 0.642. The van der Waals surface area contributed by atoms with Gasteiger partial charge >= 0.3 is 0 Å². The van der Waals surface area contributed by atoms with Crippen molar-refractivity contribution < 1.29 is 4.79 Å². The molecule has 0 aliphatic rings. The molecular formula is C7H19N3O. The van der Waals surface area contributed by atoms with Gasteiger partial charge in [0.1, 0.15) is 5.78 Å². The number of hydrogen-bond donors (Lipinski definition) is 3. The third kappa shape index (κ3) is 43.2. The van der Waals surface area contributed by atoms with Crippen LogP contribution in [0, 0.1) is 0 Å². The lowest BCUT2D eigenvalue weighted by molar-refractivity contribution is -0.114. The molecule has 11 heavy (non-hydrogen) atoms. The van der Waals surface area contributed by atoms with Crippen LogP contribution in [0.25, 0.3) is 0 Å². The maximum absolute atomic E-state index is 9.44. The molecule has 0 radical (unpaired) electrons. The predicted octanol–water partition coefficient (Wildman–Crippen LogP) is -0.911. The summed E-state index contributed by atoms with van der Waals surface area (Å²) >= 11 is 0. The fraction of sp³-hybridized carbons (Fsp3) is 0.857. The molecule has 0 amide bonds. The van der Waals surface area contributed by atoms with E-state index in [2.05, 4.69) is 5.32 Å². The molecule has 5 N–H and O–H groups in total. The molecule has 4 heteroatoms. The van der Waals surface area contributed by atoms with E-state index in [4.69, 9.17) is 11.5 Å². The van der Waals surface area contributed by atoms with Crippen molar-refractivity contribution in [3.63, 3.8) is 0 Å². The van der Waals surface area contributed by atoms with Crippen molar-refractivity contribution in [3.05, 3.63) is 0 Å². The van der Waals surface area contributed by atoms with Crippen LogP contribution >= 0.6 is 0 Å². The molecule has 0 atom stereocenters. The van der Waals surface area contributed by atoms with E-state index < -0.39 is 0 Å². The molecule has 0 aromatic rings. The molecule has 0 aliphatic carbocycles. The van der Waals surface area contributed by atoms with Gasteiger partial charge in [-0.3, -0.25) is 0 Å². The summed E-state index contributed by atoms with van der Waals surface area (Å²) in [5, 5.41) is 3.03. The zero-order valence-corrected chi connectivity index (χ0v) is 7.39.